The molecule has 0 saturated heterocycles. The maximum atomic E-state index is 8.81. The quantitative estimate of drug-likeness (QED) is 0.108. The van der Waals surface area contributed by atoms with Gasteiger partial charge in [0.25, 0.3) is 0 Å². The maximum absolute atomic E-state index is 8.81. The van der Waals surface area contributed by atoms with E-state index >= 15 is 0 Å². The number of aliphatic imine (C=N–C) groups is 1. The third kappa shape index (κ3) is 4.32. The smallest absolute Gasteiger partial charge is 0.223 e. The van der Waals surface area contributed by atoms with E-state index in [1.807, 2.05) is 6.21 Å². The molecule has 1 unspecified atom stereocenters. The van der Waals surface area contributed by atoms with Gasteiger partial charge in [0.1, 0.15) is 5.69 Å². The molecule has 6 heteroatoms. The number of hydrogen-bond donors (Lipinski definition) is 0. The summed E-state index contributed by atoms with van der Waals surface area (Å²) in [5.41, 5.74) is 7.77. The first-order valence-electron chi connectivity index (χ1n) is 14.5. The van der Waals surface area contributed by atoms with Gasteiger partial charge in [0, 0.05) is 34.4 Å². The molecule has 6 aromatic rings. The molecule has 2 aliphatic heterocycles. The number of aldehydes is 2. The SMILES string of the molecule is Cc1cccc2c(-c3ccc4c5c(c6ccc(Br)cc6c4c3)N=CC3(Cc4ccccc4N3C)O5)ccc(C)c12.O=CC=O. The lowest BCUT2D eigenvalue weighted by molar-refractivity contribution is -0.122. The Bertz CT molecular complexity index is 2170. The van der Waals surface area contributed by atoms with E-state index < -0.39 is 5.72 Å². The van der Waals surface area contributed by atoms with Crippen LogP contribution >= 0.6 is 15.9 Å². The second-order valence-corrected chi connectivity index (χ2v) is 12.3. The normalized spacial score (nSPS) is 16.4. The number of para-hydroxylation sites is 1. The predicted molar refractivity (Wildman–Crippen MR) is 184 cm³/mol. The van der Waals surface area contributed by atoms with Gasteiger partial charge < -0.3 is 9.64 Å². The first-order chi connectivity index (χ1) is 21.3. The summed E-state index contributed by atoms with van der Waals surface area (Å²) in [4.78, 5) is 24.9. The van der Waals surface area contributed by atoms with E-state index in [0.29, 0.717) is 0 Å². The van der Waals surface area contributed by atoms with Gasteiger partial charge in [0.15, 0.2) is 18.3 Å². The monoisotopic (exact) mass is 640 g/mol. The van der Waals surface area contributed by atoms with Crippen LogP contribution in [0.3, 0.4) is 0 Å². The summed E-state index contributed by atoms with van der Waals surface area (Å²) in [7, 11) is 2.10. The largest absolute Gasteiger partial charge is 0.459 e. The summed E-state index contributed by atoms with van der Waals surface area (Å²) in [6, 6.07) is 32.9. The van der Waals surface area contributed by atoms with Crippen LogP contribution in [0, 0.1) is 13.8 Å². The summed E-state index contributed by atoms with van der Waals surface area (Å²) >= 11 is 3.72. The Hall–Kier alpha value is -4.81. The molecule has 0 aromatic heterocycles. The van der Waals surface area contributed by atoms with E-state index in [0.717, 1.165) is 38.5 Å². The van der Waals surface area contributed by atoms with Gasteiger partial charge in [-0.1, -0.05) is 76.6 Å². The van der Waals surface area contributed by atoms with Crippen LogP contribution in [-0.4, -0.2) is 31.6 Å². The molecule has 0 N–H and O–H groups in total. The van der Waals surface area contributed by atoms with Gasteiger partial charge in [-0.15, -0.1) is 0 Å². The highest BCUT2D eigenvalue weighted by atomic mass is 79.9. The molecule has 0 saturated carbocycles. The fourth-order valence-electron chi connectivity index (χ4n) is 6.80. The van der Waals surface area contributed by atoms with Crippen LogP contribution in [0.5, 0.6) is 5.75 Å². The van der Waals surface area contributed by atoms with Crippen LogP contribution in [0.2, 0.25) is 0 Å². The van der Waals surface area contributed by atoms with E-state index in [-0.39, 0.29) is 12.6 Å². The van der Waals surface area contributed by atoms with E-state index in [1.165, 1.54) is 49.7 Å². The Labute approximate surface area is 263 Å². The van der Waals surface area contributed by atoms with Crippen molar-refractivity contribution in [1.29, 1.82) is 0 Å². The summed E-state index contributed by atoms with van der Waals surface area (Å²) in [6.45, 7) is 4.39. The second-order valence-electron chi connectivity index (χ2n) is 11.4. The van der Waals surface area contributed by atoms with Crippen LogP contribution in [0.1, 0.15) is 16.7 Å². The number of rotatable bonds is 2. The number of ether oxygens (including phenoxy) is 1. The minimum absolute atomic E-state index is 0.194. The lowest BCUT2D eigenvalue weighted by Crippen LogP contribution is -2.52. The molecule has 2 aliphatic rings. The van der Waals surface area contributed by atoms with Crippen molar-refractivity contribution in [3.8, 4) is 16.9 Å². The minimum atomic E-state index is -0.643. The number of anilines is 1. The molecule has 0 bridgehead atoms. The van der Waals surface area contributed by atoms with Crippen LogP contribution in [0.4, 0.5) is 11.4 Å². The van der Waals surface area contributed by atoms with Crippen molar-refractivity contribution < 1.29 is 14.3 Å². The Morgan fingerprint density at radius 2 is 1.55 bits per heavy atom. The number of carbonyl (C=O) groups is 2. The molecule has 8 rings (SSSR count). The average Bonchev–Trinajstić information content (AvgIpc) is 3.31. The van der Waals surface area contributed by atoms with Crippen molar-refractivity contribution in [3.05, 3.63) is 112 Å². The molecule has 44 heavy (non-hydrogen) atoms. The zero-order chi connectivity index (χ0) is 30.6. The Balaban J connectivity index is 0.000000739. The number of carbonyl (C=O) groups excluding carboxylic acids is 2. The van der Waals surface area contributed by atoms with Gasteiger partial charge in [-0.05, 0) is 93.5 Å². The molecule has 0 radical (unpaired) electrons. The van der Waals surface area contributed by atoms with Gasteiger partial charge in [0.05, 0.1) is 6.21 Å². The van der Waals surface area contributed by atoms with Crippen molar-refractivity contribution >= 4 is 78.4 Å². The summed E-state index contributed by atoms with van der Waals surface area (Å²) in [6.07, 6.45) is 3.15. The standard InChI is InChI=1S/C36H27BrN2O.C2H2O2/c1-21-7-6-9-27-26(14-11-22(2)33(21)27)23-12-15-29-30(17-23)31-18-25(37)13-16-28(31)34-35(29)40-36(20-38-34)19-24-8-4-5-10-32(24)39(36)3;3-1-2-4/h4-18,20H,19H2,1-3H3;1-2H. The molecule has 216 valence electrons. The molecule has 6 aromatic carbocycles. The number of halogens is 1. The molecule has 0 fully saturated rings. The highest BCUT2D eigenvalue weighted by molar-refractivity contribution is 9.10. The van der Waals surface area contributed by atoms with Crippen molar-refractivity contribution in [2.75, 3.05) is 11.9 Å². The van der Waals surface area contributed by atoms with Crippen LogP contribution in [-0.2, 0) is 16.0 Å². The number of benzene rings is 6. The maximum Gasteiger partial charge on any atom is 0.223 e. The summed E-state index contributed by atoms with van der Waals surface area (Å²) in [5, 5.41) is 7.13. The number of nitrogens with zero attached hydrogens (tertiary/aromatic N) is 2. The molecule has 0 amide bonds. The van der Waals surface area contributed by atoms with Gasteiger partial charge in [0.2, 0.25) is 5.72 Å². The van der Waals surface area contributed by atoms with Crippen LogP contribution < -0.4 is 9.64 Å². The van der Waals surface area contributed by atoms with E-state index in [2.05, 4.69) is 133 Å². The van der Waals surface area contributed by atoms with E-state index in [4.69, 9.17) is 19.3 Å². The lowest BCUT2D eigenvalue weighted by Gasteiger charge is -2.38. The summed E-state index contributed by atoms with van der Waals surface area (Å²) < 4.78 is 8.09. The first kappa shape index (κ1) is 28.0. The zero-order valence-corrected chi connectivity index (χ0v) is 26.2. The summed E-state index contributed by atoms with van der Waals surface area (Å²) in [5.74, 6) is 0.850. The highest BCUT2D eigenvalue weighted by Crippen LogP contribution is 2.51. The lowest BCUT2D eigenvalue weighted by atomic mass is 9.90. The van der Waals surface area contributed by atoms with Gasteiger partial charge in [-0.25, -0.2) is 0 Å². The van der Waals surface area contributed by atoms with Crippen molar-refractivity contribution in [2.24, 2.45) is 4.99 Å². The van der Waals surface area contributed by atoms with E-state index in [9.17, 15) is 0 Å². The molecule has 1 spiro atoms. The van der Waals surface area contributed by atoms with Crippen molar-refractivity contribution in [3.63, 3.8) is 0 Å². The Morgan fingerprint density at radius 1 is 0.795 bits per heavy atom. The minimum Gasteiger partial charge on any atom is -0.459 e. The number of aryl methyl sites for hydroxylation is 2. The van der Waals surface area contributed by atoms with Gasteiger partial charge >= 0.3 is 0 Å². The number of likely N-dealkylation sites (N-methyl/N-ethyl adjacent to an activating group) is 1. The van der Waals surface area contributed by atoms with Gasteiger partial charge in [-0.3, -0.25) is 14.6 Å². The Morgan fingerprint density at radius 3 is 2.34 bits per heavy atom. The van der Waals surface area contributed by atoms with Crippen molar-refractivity contribution in [1.82, 2.24) is 0 Å². The molecule has 1 atom stereocenters. The molecule has 2 heterocycles. The zero-order valence-electron chi connectivity index (χ0n) is 24.6. The first-order valence-corrected chi connectivity index (χ1v) is 15.3. The highest BCUT2D eigenvalue weighted by Gasteiger charge is 2.45. The number of hydrogen-bond acceptors (Lipinski definition) is 5. The fourth-order valence-corrected chi connectivity index (χ4v) is 7.16. The fraction of sp³-hybridized carbons (Fsp3) is 0.132. The average molecular weight is 642 g/mol. The third-order valence-corrected chi connectivity index (χ3v) is 9.36. The number of fused-ring (bicyclic) bond motifs is 8. The molecular formula is C38H29BrN2O3. The van der Waals surface area contributed by atoms with E-state index in [1.54, 1.807) is 0 Å². The second kappa shape index (κ2) is 10.7. The van der Waals surface area contributed by atoms with Crippen LogP contribution in [0.15, 0.2) is 100 Å². The predicted octanol–water partition coefficient (Wildman–Crippen LogP) is 9.06. The Kier molecular flexibility index (Phi) is 6.82. The third-order valence-electron chi connectivity index (χ3n) is 8.87. The van der Waals surface area contributed by atoms with Crippen LogP contribution in [0.25, 0.3) is 43.4 Å². The molecular weight excluding hydrogens is 612 g/mol. The van der Waals surface area contributed by atoms with Gasteiger partial charge in [-0.2, -0.15) is 0 Å². The topological polar surface area (TPSA) is 59.0 Å². The van der Waals surface area contributed by atoms with Crippen molar-refractivity contribution in [2.45, 2.75) is 26.0 Å². The molecule has 5 nitrogen and oxygen atoms in total. The molecule has 0 aliphatic carbocycles.